The molecular formula is C20H31F2N5O. The summed E-state index contributed by atoms with van der Waals surface area (Å²) in [6.45, 7) is 2.61. The smallest absolute Gasteiger partial charge is 0.306 e. The zero-order valence-corrected chi connectivity index (χ0v) is 16.2. The van der Waals surface area contributed by atoms with Crippen LogP contribution in [0.25, 0.3) is 0 Å². The van der Waals surface area contributed by atoms with Crippen LogP contribution >= 0.6 is 0 Å². The molecule has 3 aliphatic rings. The first-order valence-electron chi connectivity index (χ1n) is 10.4. The van der Waals surface area contributed by atoms with Gasteiger partial charge in [0.25, 0.3) is 0 Å². The minimum atomic E-state index is -2.50. The normalized spacial score (nSPS) is 36.8. The Balaban J connectivity index is 1.63. The highest BCUT2D eigenvalue weighted by Crippen LogP contribution is 2.37. The summed E-state index contributed by atoms with van der Waals surface area (Å²) in [4.78, 5) is 11.6. The number of hydrazine groups is 1. The van der Waals surface area contributed by atoms with E-state index in [-0.39, 0.29) is 29.7 Å². The fourth-order valence-electron chi connectivity index (χ4n) is 5.14. The van der Waals surface area contributed by atoms with Crippen LogP contribution in [0.1, 0.15) is 38.5 Å². The van der Waals surface area contributed by atoms with Gasteiger partial charge in [-0.3, -0.25) is 4.79 Å². The monoisotopic (exact) mass is 395 g/mol. The Labute approximate surface area is 165 Å². The van der Waals surface area contributed by atoms with E-state index in [2.05, 4.69) is 28.7 Å². The number of amides is 1. The van der Waals surface area contributed by atoms with Crippen LogP contribution in [0.4, 0.5) is 8.78 Å². The number of carbonyl (C=O) groups excluding carboxylic acids is 1. The van der Waals surface area contributed by atoms with Crippen molar-refractivity contribution in [2.75, 3.05) is 19.6 Å². The van der Waals surface area contributed by atoms with Crippen molar-refractivity contribution in [2.45, 2.75) is 57.2 Å². The fourth-order valence-corrected chi connectivity index (χ4v) is 5.14. The average Bonchev–Trinajstić information content (AvgIpc) is 3.22. The predicted octanol–water partition coefficient (Wildman–Crippen LogP) is 2.01. The second kappa shape index (κ2) is 9.77. The molecular weight excluding hydrogens is 364 g/mol. The molecule has 2 aliphatic heterocycles. The van der Waals surface area contributed by atoms with Gasteiger partial charge in [0.05, 0.1) is 6.07 Å². The molecule has 2 saturated heterocycles. The summed E-state index contributed by atoms with van der Waals surface area (Å²) in [5.41, 5.74) is 3.01. The molecule has 1 aliphatic carbocycles. The van der Waals surface area contributed by atoms with Crippen molar-refractivity contribution in [2.24, 2.45) is 23.7 Å². The van der Waals surface area contributed by atoms with E-state index in [4.69, 9.17) is 5.26 Å². The second-order valence-electron chi connectivity index (χ2n) is 8.36. The largest absolute Gasteiger partial charge is 0.352 e. The Bertz CT molecular complexity index is 588. The van der Waals surface area contributed by atoms with Crippen molar-refractivity contribution in [3.63, 3.8) is 0 Å². The molecule has 0 bridgehead atoms. The SMILES string of the molecule is C=CC(=O)NCC1CNC(C2CCC(C#N)CC2)CC1C1CCN(C(F)F)N1. The molecule has 0 radical (unpaired) electrons. The summed E-state index contributed by atoms with van der Waals surface area (Å²) in [5, 5.41) is 16.7. The number of rotatable bonds is 6. The summed E-state index contributed by atoms with van der Waals surface area (Å²) in [6.07, 6.45) is 6.84. The number of carbonyl (C=O) groups is 1. The summed E-state index contributed by atoms with van der Waals surface area (Å²) < 4.78 is 26.1. The molecule has 4 unspecified atom stereocenters. The lowest BCUT2D eigenvalue weighted by molar-refractivity contribution is -0.116. The Morgan fingerprint density at radius 1 is 1.29 bits per heavy atom. The van der Waals surface area contributed by atoms with E-state index < -0.39 is 6.55 Å². The second-order valence-corrected chi connectivity index (χ2v) is 8.36. The quantitative estimate of drug-likeness (QED) is 0.474. The molecule has 2 heterocycles. The van der Waals surface area contributed by atoms with Gasteiger partial charge >= 0.3 is 6.55 Å². The van der Waals surface area contributed by atoms with Gasteiger partial charge in [-0.2, -0.15) is 19.1 Å². The van der Waals surface area contributed by atoms with E-state index in [0.717, 1.165) is 43.7 Å². The summed E-state index contributed by atoms with van der Waals surface area (Å²) in [5.74, 6) is 0.904. The number of hydrogen-bond acceptors (Lipinski definition) is 5. The van der Waals surface area contributed by atoms with Gasteiger partial charge in [0.15, 0.2) is 0 Å². The number of halogens is 2. The molecule has 8 heteroatoms. The van der Waals surface area contributed by atoms with Crippen LogP contribution < -0.4 is 16.1 Å². The summed E-state index contributed by atoms with van der Waals surface area (Å²) in [6, 6.07) is 2.73. The first-order chi connectivity index (χ1) is 13.5. The zero-order valence-electron chi connectivity index (χ0n) is 16.2. The highest BCUT2D eigenvalue weighted by atomic mass is 19.3. The first kappa shape index (κ1) is 21.2. The molecule has 4 atom stereocenters. The molecule has 0 aromatic heterocycles. The minimum absolute atomic E-state index is 0.000296. The number of piperidine rings is 1. The third-order valence-corrected chi connectivity index (χ3v) is 6.79. The van der Waals surface area contributed by atoms with Gasteiger partial charge < -0.3 is 10.6 Å². The Hall–Kier alpha value is -1.56. The van der Waals surface area contributed by atoms with E-state index >= 15 is 0 Å². The van der Waals surface area contributed by atoms with Gasteiger partial charge in [-0.05, 0) is 62.4 Å². The van der Waals surface area contributed by atoms with Gasteiger partial charge in [0, 0.05) is 37.6 Å². The zero-order chi connectivity index (χ0) is 20.1. The fraction of sp³-hybridized carbons (Fsp3) is 0.800. The van der Waals surface area contributed by atoms with Crippen molar-refractivity contribution in [1.82, 2.24) is 21.1 Å². The van der Waals surface area contributed by atoms with Crippen LogP contribution in [0.2, 0.25) is 0 Å². The lowest BCUT2D eigenvalue weighted by atomic mass is 9.71. The Kier molecular flexibility index (Phi) is 7.38. The molecule has 3 rings (SSSR count). The highest BCUT2D eigenvalue weighted by Gasteiger charge is 2.42. The molecule has 3 fully saturated rings. The van der Waals surface area contributed by atoms with Crippen LogP contribution in [0, 0.1) is 35.0 Å². The molecule has 6 nitrogen and oxygen atoms in total. The molecule has 28 heavy (non-hydrogen) atoms. The molecule has 0 aromatic carbocycles. The third-order valence-electron chi connectivity index (χ3n) is 6.79. The predicted molar refractivity (Wildman–Crippen MR) is 102 cm³/mol. The standard InChI is InChI=1S/C20H31F2N5O/c1-2-19(28)25-12-15-11-24-18(14-5-3-13(10-23)4-6-14)9-16(15)17-7-8-27(26-17)20(21)22/h2,13-18,20,24,26H,1,3-9,11-12H2,(H,25,28). The van der Waals surface area contributed by atoms with Crippen molar-refractivity contribution >= 4 is 5.91 Å². The number of nitrogens with one attached hydrogen (secondary N) is 3. The van der Waals surface area contributed by atoms with E-state index in [1.165, 1.54) is 6.08 Å². The molecule has 0 spiro atoms. The van der Waals surface area contributed by atoms with Crippen LogP contribution in [0.15, 0.2) is 12.7 Å². The van der Waals surface area contributed by atoms with E-state index in [1.54, 1.807) is 0 Å². The van der Waals surface area contributed by atoms with Gasteiger partial charge in [-0.1, -0.05) is 6.58 Å². The third kappa shape index (κ3) is 5.07. The van der Waals surface area contributed by atoms with E-state index in [9.17, 15) is 13.6 Å². The maximum atomic E-state index is 13.1. The molecule has 1 saturated carbocycles. The van der Waals surface area contributed by atoms with Gasteiger partial charge in [-0.15, -0.1) is 0 Å². The van der Waals surface area contributed by atoms with Gasteiger partial charge in [0.1, 0.15) is 0 Å². The van der Waals surface area contributed by atoms with Crippen LogP contribution in [0.3, 0.4) is 0 Å². The molecule has 1 amide bonds. The summed E-state index contributed by atoms with van der Waals surface area (Å²) in [7, 11) is 0. The number of nitriles is 1. The van der Waals surface area contributed by atoms with Crippen molar-refractivity contribution in [1.29, 1.82) is 5.26 Å². The topological polar surface area (TPSA) is 80.2 Å². The van der Waals surface area contributed by atoms with Gasteiger partial charge in [0.2, 0.25) is 5.91 Å². The lowest BCUT2D eigenvalue weighted by Crippen LogP contribution is -2.55. The molecule has 156 valence electrons. The number of hydrogen-bond donors (Lipinski definition) is 3. The van der Waals surface area contributed by atoms with Crippen LogP contribution in [-0.4, -0.2) is 49.2 Å². The number of alkyl halides is 2. The lowest BCUT2D eigenvalue weighted by Gasteiger charge is -2.44. The first-order valence-corrected chi connectivity index (χ1v) is 10.4. The molecule has 3 N–H and O–H groups in total. The Morgan fingerprint density at radius 3 is 2.64 bits per heavy atom. The van der Waals surface area contributed by atoms with Crippen LogP contribution in [0.5, 0.6) is 0 Å². The van der Waals surface area contributed by atoms with E-state index in [0.29, 0.717) is 31.5 Å². The molecule has 0 aromatic rings. The summed E-state index contributed by atoms with van der Waals surface area (Å²) >= 11 is 0. The maximum absolute atomic E-state index is 13.1. The van der Waals surface area contributed by atoms with Crippen molar-refractivity contribution in [3.05, 3.63) is 12.7 Å². The average molecular weight is 395 g/mol. The maximum Gasteiger partial charge on any atom is 0.306 e. The van der Waals surface area contributed by atoms with Gasteiger partial charge in [-0.25, -0.2) is 5.43 Å². The van der Waals surface area contributed by atoms with E-state index in [1.807, 2.05) is 0 Å². The Morgan fingerprint density at radius 2 is 2.04 bits per heavy atom. The van der Waals surface area contributed by atoms with Crippen molar-refractivity contribution < 1.29 is 13.6 Å². The minimum Gasteiger partial charge on any atom is -0.352 e. The highest BCUT2D eigenvalue weighted by molar-refractivity contribution is 5.86. The number of nitrogens with zero attached hydrogens (tertiary/aromatic N) is 2. The van der Waals surface area contributed by atoms with Crippen molar-refractivity contribution in [3.8, 4) is 6.07 Å². The van der Waals surface area contributed by atoms with Crippen LogP contribution in [-0.2, 0) is 4.79 Å².